The van der Waals surface area contributed by atoms with Crippen LogP contribution in [0.25, 0.3) is 0 Å². The highest BCUT2D eigenvalue weighted by atomic mass is 16.2. The molecule has 104 valence electrons. The fourth-order valence-electron chi connectivity index (χ4n) is 3.18. The largest absolute Gasteiger partial charge is 0.341 e. The van der Waals surface area contributed by atoms with E-state index in [-0.39, 0.29) is 12.5 Å². The van der Waals surface area contributed by atoms with Crippen LogP contribution in [0.5, 0.6) is 0 Å². The van der Waals surface area contributed by atoms with Crippen molar-refractivity contribution in [1.29, 1.82) is 0 Å². The van der Waals surface area contributed by atoms with E-state index in [9.17, 15) is 4.79 Å². The van der Waals surface area contributed by atoms with Crippen LogP contribution in [0.3, 0.4) is 0 Å². The molecular formula is C12H20N6O. The maximum atomic E-state index is 12.1. The highest BCUT2D eigenvalue weighted by Gasteiger charge is 2.36. The molecule has 1 aromatic rings. The summed E-state index contributed by atoms with van der Waals surface area (Å²) in [7, 11) is 0. The van der Waals surface area contributed by atoms with Gasteiger partial charge in [-0.15, -0.1) is 5.10 Å². The number of aromatic nitrogens is 4. The molecule has 0 radical (unpaired) electrons. The average molecular weight is 264 g/mol. The third kappa shape index (κ3) is 2.75. The number of piperidine rings is 2. The van der Waals surface area contributed by atoms with Crippen LogP contribution >= 0.6 is 0 Å². The quantitative estimate of drug-likeness (QED) is 0.791. The number of amides is 1. The molecule has 7 heteroatoms. The van der Waals surface area contributed by atoms with E-state index in [2.05, 4.69) is 20.8 Å². The Morgan fingerprint density at radius 2 is 1.95 bits per heavy atom. The van der Waals surface area contributed by atoms with E-state index in [0.717, 1.165) is 39.0 Å². The summed E-state index contributed by atoms with van der Waals surface area (Å²) in [4.78, 5) is 14.1. The van der Waals surface area contributed by atoms with E-state index in [1.54, 1.807) is 0 Å². The molecule has 1 spiro atoms. The van der Waals surface area contributed by atoms with Gasteiger partial charge in [0.1, 0.15) is 12.9 Å². The molecule has 0 saturated carbocycles. The van der Waals surface area contributed by atoms with Crippen molar-refractivity contribution in [3.8, 4) is 0 Å². The van der Waals surface area contributed by atoms with Crippen LogP contribution in [0, 0.1) is 5.41 Å². The number of carbonyl (C=O) groups excluding carboxylic acids is 1. The fourth-order valence-corrected chi connectivity index (χ4v) is 3.18. The summed E-state index contributed by atoms with van der Waals surface area (Å²) in [5.41, 5.74) is 0.483. The minimum Gasteiger partial charge on any atom is -0.341 e. The Bertz CT molecular complexity index is 415. The number of hydrogen-bond acceptors (Lipinski definition) is 5. The molecule has 0 bridgehead atoms. The Balaban J connectivity index is 1.53. The number of nitrogens with zero attached hydrogens (tertiary/aromatic N) is 5. The van der Waals surface area contributed by atoms with Crippen LogP contribution in [0.1, 0.15) is 25.7 Å². The van der Waals surface area contributed by atoms with Crippen molar-refractivity contribution in [2.45, 2.75) is 32.2 Å². The Hall–Kier alpha value is -1.50. The van der Waals surface area contributed by atoms with E-state index >= 15 is 0 Å². The monoisotopic (exact) mass is 264 g/mol. The van der Waals surface area contributed by atoms with Crippen molar-refractivity contribution in [3.63, 3.8) is 0 Å². The standard InChI is InChI=1S/C12H20N6O/c19-11(9-18-10-14-15-16-18)17-7-3-12(4-8-17)1-5-13-6-2-12/h10,13H,1-9H2. The summed E-state index contributed by atoms with van der Waals surface area (Å²) in [6.07, 6.45) is 6.26. The zero-order chi connectivity index (χ0) is 13.1. The Labute approximate surface area is 112 Å². The van der Waals surface area contributed by atoms with Crippen molar-refractivity contribution >= 4 is 5.91 Å². The minimum absolute atomic E-state index is 0.121. The molecule has 2 aliphatic heterocycles. The van der Waals surface area contributed by atoms with E-state index < -0.39 is 0 Å². The second kappa shape index (κ2) is 5.24. The Morgan fingerprint density at radius 1 is 1.21 bits per heavy atom. The van der Waals surface area contributed by atoms with Crippen molar-refractivity contribution in [3.05, 3.63) is 6.33 Å². The normalized spacial score (nSPS) is 22.6. The van der Waals surface area contributed by atoms with Gasteiger partial charge in [-0.25, -0.2) is 4.68 Å². The first-order valence-corrected chi connectivity index (χ1v) is 6.97. The highest BCUT2D eigenvalue weighted by Crippen LogP contribution is 2.39. The third-order valence-electron chi connectivity index (χ3n) is 4.53. The molecule has 0 atom stereocenters. The van der Waals surface area contributed by atoms with Gasteiger partial charge < -0.3 is 10.2 Å². The molecule has 3 rings (SSSR count). The number of nitrogens with one attached hydrogen (secondary N) is 1. The van der Waals surface area contributed by atoms with E-state index in [0.29, 0.717) is 5.41 Å². The predicted molar refractivity (Wildman–Crippen MR) is 68.2 cm³/mol. The summed E-state index contributed by atoms with van der Waals surface area (Å²) in [5.74, 6) is 0.121. The zero-order valence-corrected chi connectivity index (χ0v) is 11.1. The van der Waals surface area contributed by atoms with Gasteiger partial charge in [-0.1, -0.05) is 0 Å². The Kier molecular flexibility index (Phi) is 3.46. The summed E-state index contributed by atoms with van der Waals surface area (Å²) in [6.45, 7) is 4.25. The first kappa shape index (κ1) is 12.5. The lowest BCUT2D eigenvalue weighted by atomic mass is 9.71. The third-order valence-corrected chi connectivity index (χ3v) is 4.53. The fraction of sp³-hybridized carbons (Fsp3) is 0.833. The van der Waals surface area contributed by atoms with Gasteiger partial charge in [0.15, 0.2) is 0 Å². The zero-order valence-electron chi connectivity index (χ0n) is 11.1. The van der Waals surface area contributed by atoms with Gasteiger partial charge in [0, 0.05) is 13.1 Å². The van der Waals surface area contributed by atoms with Crippen molar-refractivity contribution < 1.29 is 4.79 Å². The van der Waals surface area contributed by atoms with Crippen LogP contribution in [-0.2, 0) is 11.3 Å². The van der Waals surface area contributed by atoms with E-state index in [1.807, 2.05) is 4.90 Å². The van der Waals surface area contributed by atoms with Crippen molar-refractivity contribution in [1.82, 2.24) is 30.4 Å². The molecule has 0 aromatic carbocycles. The van der Waals surface area contributed by atoms with E-state index in [1.165, 1.54) is 23.9 Å². The van der Waals surface area contributed by atoms with Crippen molar-refractivity contribution in [2.24, 2.45) is 5.41 Å². The second-order valence-corrected chi connectivity index (χ2v) is 5.64. The van der Waals surface area contributed by atoms with Crippen LogP contribution in [0.15, 0.2) is 6.33 Å². The lowest BCUT2D eigenvalue weighted by Crippen LogP contribution is -2.47. The van der Waals surface area contributed by atoms with Gasteiger partial charge in [-0.05, 0) is 54.6 Å². The van der Waals surface area contributed by atoms with Gasteiger partial charge in [0.25, 0.3) is 0 Å². The molecule has 0 unspecified atom stereocenters. The Morgan fingerprint density at radius 3 is 2.58 bits per heavy atom. The summed E-state index contributed by atoms with van der Waals surface area (Å²) in [5, 5.41) is 14.2. The number of hydrogen-bond donors (Lipinski definition) is 1. The number of rotatable bonds is 2. The molecule has 3 heterocycles. The molecule has 1 aromatic heterocycles. The van der Waals surface area contributed by atoms with Crippen molar-refractivity contribution in [2.75, 3.05) is 26.2 Å². The maximum Gasteiger partial charge on any atom is 0.244 e. The molecular weight excluding hydrogens is 244 g/mol. The maximum absolute atomic E-state index is 12.1. The highest BCUT2D eigenvalue weighted by molar-refractivity contribution is 5.75. The van der Waals surface area contributed by atoms with Crippen LogP contribution in [0.2, 0.25) is 0 Å². The molecule has 1 amide bonds. The van der Waals surface area contributed by atoms with E-state index in [4.69, 9.17) is 0 Å². The minimum atomic E-state index is 0.121. The molecule has 7 nitrogen and oxygen atoms in total. The van der Waals surface area contributed by atoms with Gasteiger partial charge in [0.2, 0.25) is 5.91 Å². The predicted octanol–water partition coefficient (Wildman–Crippen LogP) is -0.335. The SMILES string of the molecule is O=C(Cn1cnnn1)N1CCC2(CCNCC2)CC1. The molecule has 2 fully saturated rings. The van der Waals surface area contributed by atoms with Crippen LogP contribution < -0.4 is 5.32 Å². The lowest BCUT2D eigenvalue weighted by molar-refractivity contribution is -0.134. The van der Waals surface area contributed by atoms with Gasteiger partial charge in [0.05, 0.1) is 0 Å². The smallest absolute Gasteiger partial charge is 0.244 e. The van der Waals surface area contributed by atoms with Gasteiger partial charge >= 0.3 is 0 Å². The molecule has 2 aliphatic rings. The molecule has 19 heavy (non-hydrogen) atoms. The molecule has 2 saturated heterocycles. The van der Waals surface area contributed by atoms with Gasteiger partial charge in [-0.2, -0.15) is 0 Å². The topological polar surface area (TPSA) is 75.9 Å². The van der Waals surface area contributed by atoms with Gasteiger partial charge in [-0.3, -0.25) is 4.79 Å². The summed E-state index contributed by atoms with van der Waals surface area (Å²) >= 11 is 0. The van der Waals surface area contributed by atoms with Crippen LogP contribution in [0.4, 0.5) is 0 Å². The summed E-state index contributed by atoms with van der Waals surface area (Å²) < 4.78 is 1.48. The number of likely N-dealkylation sites (tertiary alicyclic amines) is 1. The number of tetrazole rings is 1. The lowest BCUT2D eigenvalue weighted by Gasteiger charge is -2.44. The summed E-state index contributed by atoms with van der Waals surface area (Å²) in [6, 6.07) is 0. The second-order valence-electron chi connectivity index (χ2n) is 5.64. The molecule has 1 N–H and O–H groups in total. The number of carbonyl (C=O) groups is 1. The first-order chi connectivity index (χ1) is 9.27. The molecule has 0 aliphatic carbocycles. The first-order valence-electron chi connectivity index (χ1n) is 6.97. The average Bonchev–Trinajstić information content (AvgIpc) is 2.93. The van der Waals surface area contributed by atoms with Crippen LogP contribution in [-0.4, -0.2) is 57.2 Å².